The van der Waals surface area contributed by atoms with E-state index in [9.17, 15) is 9.59 Å². The van der Waals surface area contributed by atoms with E-state index in [0.29, 0.717) is 10.8 Å². The first kappa shape index (κ1) is 18.7. The van der Waals surface area contributed by atoms with Crippen LogP contribution in [0.2, 0.25) is 0 Å². The first-order valence-electron chi connectivity index (χ1n) is 8.08. The quantitative estimate of drug-likeness (QED) is 0.788. The highest BCUT2D eigenvalue weighted by Gasteiger charge is 2.20. The zero-order chi connectivity index (χ0) is 18.4. The molecule has 5 nitrogen and oxygen atoms in total. The molecule has 0 atom stereocenters. The van der Waals surface area contributed by atoms with E-state index >= 15 is 0 Å². The van der Waals surface area contributed by atoms with Crippen LogP contribution in [0.5, 0.6) is 0 Å². The molecular weight excluding hydrogens is 318 g/mol. The van der Waals surface area contributed by atoms with Crippen molar-refractivity contribution in [3.8, 4) is 0 Å². The smallest absolute Gasteiger partial charge is 0.312 e. The van der Waals surface area contributed by atoms with Gasteiger partial charge in [0, 0.05) is 12.5 Å². The summed E-state index contributed by atoms with van der Waals surface area (Å²) in [6.45, 7) is 7.74. The lowest BCUT2D eigenvalue weighted by molar-refractivity contribution is -0.312. The first-order valence-corrected chi connectivity index (χ1v) is 8.08. The van der Waals surface area contributed by atoms with Gasteiger partial charge in [-0.2, -0.15) is 0 Å². The minimum Gasteiger partial charge on any atom is -0.312 e. The van der Waals surface area contributed by atoms with Crippen molar-refractivity contribution in [2.75, 3.05) is 0 Å². The summed E-state index contributed by atoms with van der Waals surface area (Å²) in [6.07, 6.45) is 0. The molecule has 2 aromatic rings. The predicted molar refractivity (Wildman–Crippen MR) is 94.3 cm³/mol. The van der Waals surface area contributed by atoms with E-state index < -0.39 is 11.9 Å². The Morgan fingerprint density at radius 2 is 1.56 bits per heavy atom. The standard InChI is InChI=1S/C20H23NO4/c1-15(22)25-21(19(23)17-8-6-5-7-9-17)24-14-16-10-12-18(13-11-16)20(2,3)4/h5-13H,14H2,1-4H3. The Balaban J connectivity index is 2.07. The van der Waals surface area contributed by atoms with Gasteiger partial charge in [0.05, 0.1) is 0 Å². The Bertz CT molecular complexity index is 718. The van der Waals surface area contributed by atoms with Gasteiger partial charge in [0.15, 0.2) is 0 Å². The van der Waals surface area contributed by atoms with E-state index in [1.807, 2.05) is 24.3 Å². The monoisotopic (exact) mass is 341 g/mol. The Hall–Kier alpha value is -2.66. The molecule has 132 valence electrons. The molecule has 0 aliphatic heterocycles. The molecule has 0 unspecified atom stereocenters. The van der Waals surface area contributed by atoms with Crippen LogP contribution in [-0.4, -0.2) is 17.1 Å². The summed E-state index contributed by atoms with van der Waals surface area (Å²) < 4.78 is 0. The highest BCUT2D eigenvalue weighted by Crippen LogP contribution is 2.22. The second-order valence-corrected chi connectivity index (χ2v) is 6.73. The van der Waals surface area contributed by atoms with Crippen molar-refractivity contribution in [3.05, 3.63) is 71.3 Å². The molecule has 25 heavy (non-hydrogen) atoms. The molecule has 0 saturated heterocycles. The van der Waals surface area contributed by atoms with Crippen LogP contribution < -0.4 is 0 Å². The third-order valence-electron chi connectivity index (χ3n) is 3.57. The average Bonchev–Trinajstić information content (AvgIpc) is 2.58. The fraction of sp³-hybridized carbons (Fsp3) is 0.300. The average molecular weight is 341 g/mol. The van der Waals surface area contributed by atoms with Crippen LogP contribution >= 0.6 is 0 Å². The molecule has 0 aliphatic carbocycles. The lowest BCUT2D eigenvalue weighted by Crippen LogP contribution is -2.33. The van der Waals surface area contributed by atoms with Gasteiger partial charge in [-0.25, -0.2) is 9.63 Å². The van der Waals surface area contributed by atoms with E-state index in [1.165, 1.54) is 12.5 Å². The van der Waals surface area contributed by atoms with Crippen LogP contribution in [0, 0.1) is 0 Å². The Morgan fingerprint density at radius 3 is 2.08 bits per heavy atom. The molecule has 5 heteroatoms. The Labute approximate surface area is 148 Å². The minimum atomic E-state index is -0.632. The zero-order valence-electron chi connectivity index (χ0n) is 15.0. The number of nitrogens with zero attached hydrogens (tertiary/aromatic N) is 1. The molecule has 0 bridgehead atoms. The molecule has 0 aliphatic rings. The van der Waals surface area contributed by atoms with Crippen molar-refractivity contribution < 1.29 is 19.3 Å². The normalized spacial score (nSPS) is 11.0. The molecule has 0 aromatic heterocycles. The molecule has 0 saturated carbocycles. The lowest BCUT2D eigenvalue weighted by atomic mass is 9.87. The summed E-state index contributed by atoms with van der Waals surface area (Å²) >= 11 is 0. The minimum absolute atomic E-state index is 0.0619. The molecule has 0 spiro atoms. The van der Waals surface area contributed by atoms with E-state index in [0.717, 1.165) is 5.56 Å². The summed E-state index contributed by atoms with van der Waals surface area (Å²) in [5.41, 5.74) is 2.50. The highest BCUT2D eigenvalue weighted by atomic mass is 17.0. The highest BCUT2D eigenvalue weighted by molar-refractivity contribution is 5.93. The van der Waals surface area contributed by atoms with Crippen LogP contribution in [0.4, 0.5) is 0 Å². The molecule has 2 aromatic carbocycles. The van der Waals surface area contributed by atoms with Gasteiger partial charge in [0.2, 0.25) is 0 Å². The molecule has 0 fully saturated rings. The van der Waals surface area contributed by atoms with Crippen molar-refractivity contribution in [2.45, 2.75) is 39.7 Å². The van der Waals surface area contributed by atoms with Crippen molar-refractivity contribution in [2.24, 2.45) is 0 Å². The number of rotatable bonds is 4. The number of carbonyl (C=O) groups is 2. The number of carbonyl (C=O) groups excluding carboxylic acids is 2. The third-order valence-corrected chi connectivity index (χ3v) is 3.57. The SMILES string of the molecule is CC(=O)ON(OCc1ccc(C(C)(C)C)cc1)C(=O)c1ccccc1. The maximum absolute atomic E-state index is 12.4. The molecule has 0 heterocycles. The van der Waals surface area contributed by atoms with Crippen LogP contribution in [0.3, 0.4) is 0 Å². The fourth-order valence-corrected chi connectivity index (χ4v) is 2.16. The van der Waals surface area contributed by atoms with Gasteiger partial charge in [-0.1, -0.05) is 63.2 Å². The maximum atomic E-state index is 12.4. The Kier molecular flexibility index (Phi) is 5.93. The van der Waals surface area contributed by atoms with Gasteiger partial charge in [0.1, 0.15) is 6.61 Å². The summed E-state index contributed by atoms with van der Waals surface area (Å²) in [7, 11) is 0. The first-order chi connectivity index (χ1) is 11.8. The van der Waals surface area contributed by atoms with E-state index in [2.05, 4.69) is 20.8 Å². The molecule has 0 N–H and O–H groups in total. The van der Waals surface area contributed by atoms with Gasteiger partial charge in [-0.05, 0) is 33.9 Å². The Morgan fingerprint density at radius 1 is 0.960 bits per heavy atom. The number of hydrogen-bond donors (Lipinski definition) is 0. The summed E-state index contributed by atoms with van der Waals surface area (Å²) in [5.74, 6) is -1.17. The largest absolute Gasteiger partial charge is 0.332 e. The summed E-state index contributed by atoms with van der Waals surface area (Å²) in [4.78, 5) is 34.0. The summed E-state index contributed by atoms with van der Waals surface area (Å²) in [5, 5.41) is 0.634. The van der Waals surface area contributed by atoms with Gasteiger partial charge >= 0.3 is 11.9 Å². The number of hydroxylamine groups is 2. The number of hydrogen-bond acceptors (Lipinski definition) is 4. The third kappa shape index (κ3) is 5.43. The van der Waals surface area contributed by atoms with Crippen molar-refractivity contribution in [1.29, 1.82) is 0 Å². The molecule has 2 rings (SSSR count). The van der Waals surface area contributed by atoms with Crippen LogP contribution in [0.25, 0.3) is 0 Å². The van der Waals surface area contributed by atoms with E-state index in [1.54, 1.807) is 30.3 Å². The van der Waals surface area contributed by atoms with Crippen molar-refractivity contribution in [3.63, 3.8) is 0 Å². The van der Waals surface area contributed by atoms with E-state index in [4.69, 9.17) is 9.68 Å². The van der Waals surface area contributed by atoms with Crippen molar-refractivity contribution >= 4 is 11.9 Å². The lowest BCUT2D eigenvalue weighted by Gasteiger charge is -2.21. The van der Waals surface area contributed by atoms with Crippen molar-refractivity contribution in [1.82, 2.24) is 5.23 Å². The molecule has 0 radical (unpaired) electrons. The summed E-state index contributed by atoms with van der Waals surface area (Å²) in [6, 6.07) is 16.4. The second-order valence-electron chi connectivity index (χ2n) is 6.73. The van der Waals surface area contributed by atoms with Crippen LogP contribution in [0.1, 0.15) is 49.2 Å². The molecule has 1 amide bonds. The van der Waals surface area contributed by atoms with E-state index in [-0.39, 0.29) is 12.0 Å². The zero-order valence-corrected chi connectivity index (χ0v) is 15.0. The predicted octanol–water partition coefficient (Wildman–Crippen LogP) is 4.04. The molecular formula is C20H23NO4. The van der Waals surface area contributed by atoms with Gasteiger partial charge in [-0.3, -0.25) is 4.79 Å². The second kappa shape index (κ2) is 7.94. The van der Waals surface area contributed by atoms with Crippen LogP contribution in [0.15, 0.2) is 54.6 Å². The van der Waals surface area contributed by atoms with Gasteiger partial charge in [0.25, 0.3) is 0 Å². The number of amides is 1. The van der Waals surface area contributed by atoms with Gasteiger partial charge < -0.3 is 4.84 Å². The fourth-order valence-electron chi connectivity index (χ4n) is 2.16. The van der Waals surface area contributed by atoms with Crippen LogP contribution in [-0.2, 0) is 26.5 Å². The topological polar surface area (TPSA) is 55.8 Å². The van der Waals surface area contributed by atoms with Gasteiger partial charge in [-0.15, -0.1) is 0 Å². The number of benzene rings is 2. The maximum Gasteiger partial charge on any atom is 0.332 e.